The van der Waals surface area contributed by atoms with Crippen LogP contribution in [0.3, 0.4) is 0 Å². The molecule has 0 heterocycles. The third-order valence-corrected chi connectivity index (χ3v) is 2.49. The molecule has 1 rings (SSSR count). The van der Waals surface area contributed by atoms with Crippen LogP contribution in [-0.2, 0) is 9.53 Å². The van der Waals surface area contributed by atoms with Crippen LogP contribution in [0.15, 0.2) is 18.2 Å². The Balaban J connectivity index is 3.03. The highest BCUT2D eigenvalue weighted by Crippen LogP contribution is 2.18. The molecule has 0 aliphatic carbocycles. The molecule has 1 aromatic carbocycles. The molecule has 0 spiro atoms. The zero-order chi connectivity index (χ0) is 13.7. The Bertz CT molecular complexity index is 458. The number of carbonyl (C=O) groups excluding carboxylic acids is 2. The van der Waals surface area contributed by atoms with Gasteiger partial charge in [0.15, 0.2) is 5.78 Å². The van der Waals surface area contributed by atoms with Crippen LogP contribution in [0.2, 0.25) is 0 Å². The van der Waals surface area contributed by atoms with Crippen molar-refractivity contribution >= 4 is 11.8 Å². The van der Waals surface area contributed by atoms with E-state index in [2.05, 4.69) is 0 Å². The minimum Gasteiger partial charge on any atom is -0.465 e. The van der Waals surface area contributed by atoms with Gasteiger partial charge in [-0.2, -0.15) is 0 Å². The molecule has 0 aromatic heterocycles. The molecular weight excluding hydrogens is 242 g/mol. The Morgan fingerprint density at radius 1 is 1.28 bits per heavy atom. The van der Waals surface area contributed by atoms with Gasteiger partial charge in [0.25, 0.3) is 0 Å². The fourth-order valence-corrected chi connectivity index (χ4v) is 1.58. The normalized spacial score (nSPS) is 12.0. The average Bonchev–Trinajstić information content (AvgIpc) is 2.33. The molecule has 3 nitrogen and oxygen atoms in total. The quantitative estimate of drug-likeness (QED) is 0.462. The number of ketones is 1. The predicted molar refractivity (Wildman–Crippen MR) is 61.1 cm³/mol. The van der Waals surface area contributed by atoms with Crippen LogP contribution in [0.25, 0.3) is 0 Å². The Morgan fingerprint density at radius 3 is 2.50 bits per heavy atom. The summed E-state index contributed by atoms with van der Waals surface area (Å²) in [5.41, 5.74) is -0.421. The highest BCUT2D eigenvalue weighted by molar-refractivity contribution is 6.08. The third-order valence-electron chi connectivity index (χ3n) is 2.49. The van der Waals surface area contributed by atoms with Crippen LogP contribution in [0, 0.1) is 17.6 Å². The molecule has 0 aliphatic rings. The second-order valence-electron chi connectivity index (χ2n) is 3.70. The summed E-state index contributed by atoms with van der Waals surface area (Å²) in [5.74, 6) is -4.13. The predicted octanol–water partition coefficient (Wildman–Crippen LogP) is 2.74. The van der Waals surface area contributed by atoms with Crippen molar-refractivity contribution in [3.05, 3.63) is 35.4 Å². The van der Waals surface area contributed by atoms with Gasteiger partial charge in [0.2, 0.25) is 0 Å². The molecule has 98 valence electrons. The van der Waals surface area contributed by atoms with Gasteiger partial charge in [0.05, 0.1) is 12.2 Å². The highest BCUT2D eigenvalue weighted by Gasteiger charge is 2.29. The summed E-state index contributed by atoms with van der Waals surface area (Å²) in [4.78, 5) is 23.5. The van der Waals surface area contributed by atoms with E-state index in [4.69, 9.17) is 4.74 Å². The first-order valence-electron chi connectivity index (χ1n) is 5.67. The van der Waals surface area contributed by atoms with E-state index >= 15 is 0 Å². The van der Waals surface area contributed by atoms with E-state index in [-0.39, 0.29) is 13.0 Å². The maximum absolute atomic E-state index is 13.4. The van der Waals surface area contributed by atoms with Crippen LogP contribution in [0.4, 0.5) is 8.78 Å². The zero-order valence-corrected chi connectivity index (χ0v) is 10.2. The van der Waals surface area contributed by atoms with E-state index < -0.39 is 34.9 Å². The molecule has 0 radical (unpaired) electrons. The standard InChI is InChI=1S/C13H14F2O3/c1-3-9(13(17)18-4-2)12(16)10-7-8(14)5-6-11(10)15/h5-7,9H,3-4H2,1-2H3. The Hall–Kier alpha value is -1.78. The number of Topliss-reactive ketones (excluding diaryl/α,β-unsaturated/α-hetero) is 1. The van der Waals surface area contributed by atoms with E-state index in [1.807, 2.05) is 0 Å². The summed E-state index contributed by atoms with van der Waals surface area (Å²) in [6.07, 6.45) is 0.174. The Labute approximate surface area is 104 Å². The molecule has 1 unspecified atom stereocenters. The van der Waals surface area contributed by atoms with Gasteiger partial charge < -0.3 is 4.74 Å². The number of hydrogen-bond donors (Lipinski definition) is 0. The molecule has 0 saturated heterocycles. The van der Waals surface area contributed by atoms with Gasteiger partial charge in [-0.15, -0.1) is 0 Å². The van der Waals surface area contributed by atoms with Crippen LogP contribution in [-0.4, -0.2) is 18.4 Å². The number of halogens is 2. The molecule has 1 aromatic rings. The number of rotatable bonds is 5. The van der Waals surface area contributed by atoms with Crippen molar-refractivity contribution in [2.45, 2.75) is 20.3 Å². The first kappa shape index (κ1) is 14.3. The summed E-state index contributed by atoms with van der Waals surface area (Å²) < 4.78 is 31.1. The van der Waals surface area contributed by atoms with Crippen molar-refractivity contribution in [3.63, 3.8) is 0 Å². The molecule has 0 saturated carbocycles. The number of hydrogen-bond acceptors (Lipinski definition) is 3. The first-order chi connectivity index (χ1) is 8.51. The first-order valence-corrected chi connectivity index (χ1v) is 5.67. The van der Waals surface area contributed by atoms with Gasteiger partial charge in [0.1, 0.15) is 17.6 Å². The van der Waals surface area contributed by atoms with Gasteiger partial charge in [-0.1, -0.05) is 6.92 Å². The molecule has 0 fully saturated rings. The molecule has 1 atom stereocenters. The molecule has 0 N–H and O–H groups in total. The van der Waals surface area contributed by atoms with Gasteiger partial charge in [-0.05, 0) is 31.5 Å². The molecular formula is C13H14F2O3. The SMILES string of the molecule is CCOC(=O)C(CC)C(=O)c1cc(F)ccc1F. The second-order valence-corrected chi connectivity index (χ2v) is 3.70. The van der Waals surface area contributed by atoms with E-state index in [9.17, 15) is 18.4 Å². The lowest BCUT2D eigenvalue weighted by molar-refractivity contribution is -0.146. The monoisotopic (exact) mass is 256 g/mol. The fraction of sp³-hybridized carbons (Fsp3) is 0.385. The molecule has 18 heavy (non-hydrogen) atoms. The van der Waals surface area contributed by atoms with Crippen LogP contribution >= 0.6 is 0 Å². The lowest BCUT2D eigenvalue weighted by Gasteiger charge is -2.12. The second kappa shape index (κ2) is 6.23. The van der Waals surface area contributed by atoms with Gasteiger partial charge in [0, 0.05) is 0 Å². The fourth-order valence-electron chi connectivity index (χ4n) is 1.58. The summed E-state index contributed by atoms with van der Waals surface area (Å²) in [6, 6.07) is 2.57. The van der Waals surface area contributed by atoms with Crippen molar-refractivity contribution in [3.8, 4) is 0 Å². The smallest absolute Gasteiger partial charge is 0.316 e. The van der Waals surface area contributed by atoms with E-state index in [0.29, 0.717) is 0 Å². The number of esters is 1. The average molecular weight is 256 g/mol. The van der Waals surface area contributed by atoms with Crippen molar-refractivity contribution < 1.29 is 23.1 Å². The lowest BCUT2D eigenvalue weighted by Crippen LogP contribution is -2.26. The van der Waals surface area contributed by atoms with E-state index in [0.717, 1.165) is 18.2 Å². The Morgan fingerprint density at radius 2 is 1.94 bits per heavy atom. The summed E-state index contributed by atoms with van der Waals surface area (Å²) >= 11 is 0. The van der Waals surface area contributed by atoms with Gasteiger partial charge in [-0.25, -0.2) is 8.78 Å². The van der Waals surface area contributed by atoms with Crippen LogP contribution in [0.1, 0.15) is 30.6 Å². The van der Waals surface area contributed by atoms with Gasteiger partial charge in [-0.3, -0.25) is 9.59 Å². The summed E-state index contributed by atoms with van der Waals surface area (Å²) in [7, 11) is 0. The molecule has 0 bridgehead atoms. The van der Waals surface area contributed by atoms with Crippen LogP contribution in [0.5, 0.6) is 0 Å². The van der Waals surface area contributed by atoms with E-state index in [1.54, 1.807) is 13.8 Å². The number of ether oxygens (including phenoxy) is 1. The van der Waals surface area contributed by atoms with E-state index in [1.165, 1.54) is 0 Å². The minimum absolute atomic E-state index is 0.133. The minimum atomic E-state index is -1.10. The van der Waals surface area contributed by atoms with Crippen molar-refractivity contribution in [1.29, 1.82) is 0 Å². The maximum Gasteiger partial charge on any atom is 0.316 e. The Kier molecular flexibility index (Phi) is 4.95. The van der Waals surface area contributed by atoms with Crippen molar-refractivity contribution in [1.82, 2.24) is 0 Å². The van der Waals surface area contributed by atoms with Gasteiger partial charge >= 0.3 is 5.97 Å². The van der Waals surface area contributed by atoms with Crippen LogP contribution < -0.4 is 0 Å². The topological polar surface area (TPSA) is 43.4 Å². The lowest BCUT2D eigenvalue weighted by atomic mass is 9.95. The molecule has 0 amide bonds. The summed E-state index contributed by atoms with van der Waals surface area (Å²) in [6.45, 7) is 3.35. The molecule has 5 heteroatoms. The number of benzene rings is 1. The van der Waals surface area contributed by atoms with Crippen molar-refractivity contribution in [2.75, 3.05) is 6.61 Å². The zero-order valence-electron chi connectivity index (χ0n) is 10.2. The van der Waals surface area contributed by atoms with Crippen molar-refractivity contribution in [2.24, 2.45) is 5.92 Å². The maximum atomic E-state index is 13.4. The highest BCUT2D eigenvalue weighted by atomic mass is 19.1. The number of carbonyl (C=O) groups is 2. The molecule has 0 aliphatic heterocycles. The largest absolute Gasteiger partial charge is 0.465 e. The third kappa shape index (κ3) is 3.12. The summed E-state index contributed by atoms with van der Waals surface area (Å²) in [5, 5.41) is 0.